The van der Waals surface area contributed by atoms with E-state index in [2.05, 4.69) is 10.5 Å². The molecule has 0 bridgehead atoms. The molecule has 0 unspecified atom stereocenters. The number of phenols is 1. The normalized spacial score (nSPS) is 11.4. The molecule has 8 nitrogen and oxygen atoms in total. The van der Waals surface area contributed by atoms with E-state index >= 15 is 0 Å². The minimum Gasteiger partial charge on any atom is -0.508 e. The summed E-state index contributed by atoms with van der Waals surface area (Å²) in [6.45, 7) is 3.52. The van der Waals surface area contributed by atoms with Crippen LogP contribution in [0.3, 0.4) is 0 Å². The van der Waals surface area contributed by atoms with Gasteiger partial charge in [-0.25, -0.2) is 5.43 Å². The molecule has 0 radical (unpaired) electrons. The maximum Gasteiger partial charge on any atom is 0.269 e. The molecular weight excluding hydrogens is 362 g/mol. The molecule has 2 rings (SSSR count). The molecule has 0 saturated carbocycles. The minimum absolute atomic E-state index is 0.0392. The van der Waals surface area contributed by atoms with E-state index in [1.807, 2.05) is 0 Å². The quantitative estimate of drug-likeness (QED) is 0.314. The Balaban J connectivity index is 1.87. The van der Waals surface area contributed by atoms with Crippen molar-refractivity contribution in [1.29, 1.82) is 0 Å². The van der Waals surface area contributed by atoms with E-state index in [4.69, 9.17) is 0 Å². The van der Waals surface area contributed by atoms with Crippen molar-refractivity contribution >= 4 is 23.6 Å². The topological polar surface area (TPSA) is 122 Å². The number of carbonyl (C=O) groups excluding carboxylic acids is 2. The maximum atomic E-state index is 12.5. The van der Waals surface area contributed by atoms with Crippen molar-refractivity contribution in [3.63, 3.8) is 0 Å². The molecule has 2 aromatic carbocycles. The first-order valence-corrected chi connectivity index (χ1v) is 8.55. The standard InChI is InChI=1S/C20H21N3O5/c1-20(2,12-14-5-9-17(24)10-6-14)18(25)11-19(26)22-21-13-15-3-7-16(8-4-15)23(27)28/h3-10,13,24H,11-12H2,1-2H3,(H,22,26)/b21-13+. The highest BCUT2D eigenvalue weighted by atomic mass is 16.6. The molecule has 0 aliphatic heterocycles. The molecule has 0 aliphatic carbocycles. The van der Waals surface area contributed by atoms with Crippen molar-refractivity contribution < 1.29 is 19.6 Å². The molecular formula is C20H21N3O5. The number of amides is 1. The van der Waals surface area contributed by atoms with Gasteiger partial charge in [-0.15, -0.1) is 0 Å². The number of benzene rings is 2. The largest absolute Gasteiger partial charge is 0.508 e. The lowest BCUT2D eigenvalue weighted by atomic mass is 9.80. The van der Waals surface area contributed by atoms with E-state index in [9.17, 15) is 24.8 Å². The van der Waals surface area contributed by atoms with Crippen LogP contribution in [0.4, 0.5) is 5.69 Å². The van der Waals surface area contributed by atoms with E-state index in [-0.39, 0.29) is 23.6 Å². The Morgan fingerprint density at radius 1 is 1.14 bits per heavy atom. The Bertz CT molecular complexity index is 887. The average Bonchev–Trinajstić information content (AvgIpc) is 2.64. The molecule has 8 heteroatoms. The minimum atomic E-state index is -0.754. The van der Waals surface area contributed by atoms with Crippen LogP contribution in [0.5, 0.6) is 5.75 Å². The smallest absolute Gasteiger partial charge is 0.269 e. The van der Waals surface area contributed by atoms with Gasteiger partial charge in [0, 0.05) is 17.5 Å². The molecule has 146 valence electrons. The van der Waals surface area contributed by atoms with Gasteiger partial charge in [-0.2, -0.15) is 5.10 Å². The number of hydrazone groups is 1. The second-order valence-corrected chi connectivity index (χ2v) is 6.97. The lowest BCUT2D eigenvalue weighted by Gasteiger charge is -2.22. The molecule has 0 saturated heterocycles. The van der Waals surface area contributed by atoms with E-state index in [0.717, 1.165) is 5.56 Å². The summed E-state index contributed by atoms with van der Waals surface area (Å²) in [7, 11) is 0. The van der Waals surface area contributed by atoms with Gasteiger partial charge in [0.15, 0.2) is 0 Å². The van der Waals surface area contributed by atoms with Crippen molar-refractivity contribution in [2.45, 2.75) is 26.7 Å². The predicted octanol–water partition coefficient (Wildman–Crippen LogP) is 2.98. The Kier molecular flexibility index (Phi) is 6.59. The van der Waals surface area contributed by atoms with Crippen LogP contribution in [-0.2, 0) is 16.0 Å². The van der Waals surface area contributed by atoms with Crippen LogP contribution >= 0.6 is 0 Å². The Morgan fingerprint density at radius 2 is 1.75 bits per heavy atom. The third-order valence-corrected chi connectivity index (χ3v) is 4.17. The predicted molar refractivity (Wildman–Crippen MR) is 104 cm³/mol. The van der Waals surface area contributed by atoms with Crippen LogP contribution in [0.2, 0.25) is 0 Å². The van der Waals surface area contributed by atoms with Crippen LogP contribution in [0.1, 0.15) is 31.4 Å². The van der Waals surface area contributed by atoms with Gasteiger partial charge in [0.05, 0.1) is 17.6 Å². The van der Waals surface area contributed by atoms with Crippen molar-refractivity contribution in [2.75, 3.05) is 0 Å². The fourth-order valence-corrected chi connectivity index (χ4v) is 2.51. The molecule has 2 aromatic rings. The van der Waals surface area contributed by atoms with Gasteiger partial charge in [-0.1, -0.05) is 26.0 Å². The van der Waals surface area contributed by atoms with E-state index < -0.39 is 16.2 Å². The van der Waals surface area contributed by atoms with Gasteiger partial charge in [0.1, 0.15) is 11.5 Å². The number of rotatable bonds is 8. The van der Waals surface area contributed by atoms with Crippen molar-refractivity contribution in [3.8, 4) is 5.75 Å². The number of hydrogen-bond donors (Lipinski definition) is 2. The number of Topliss-reactive ketones (excluding diaryl/α,β-unsaturated/α-hetero) is 1. The third-order valence-electron chi connectivity index (χ3n) is 4.17. The molecule has 2 N–H and O–H groups in total. The molecule has 0 fully saturated rings. The Hall–Kier alpha value is -3.55. The summed E-state index contributed by atoms with van der Waals surface area (Å²) in [5.41, 5.74) is 2.95. The number of non-ortho nitro benzene ring substituents is 1. The van der Waals surface area contributed by atoms with E-state index in [1.165, 1.54) is 30.5 Å². The molecule has 0 heterocycles. The van der Waals surface area contributed by atoms with Gasteiger partial charge in [0.25, 0.3) is 5.69 Å². The summed E-state index contributed by atoms with van der Waals surface area (Å²) in [6.07, 6.45) is 1.46. The molecule has 0 aromatic heterocycles. The summed E-state index contributed by atoms with van der Waals surface area (Å²) >= 11 is 0. The van der Waals surface area contributed by atoms with Crippen LogP contribution in [-0.4, -0.2) is 27.9 Å². The van der Waals surface area contributed by atoms with E-state index in [1.54, 1.807) is 38.1 Å². The van der Waals surface area contributed by atoms with Crippen LogP contribution < -0.4 is 5.43 Å². The zero-order valence-corrected chi connectivity index (χ0v) is 15.6. The number of aromatic hydroxyl groups is 1. The summed E-state index contributed by atoms with van der Waals surface area (Å²) in [5.74, 6) is -0.622. The number of nitro groups is 1. The monoisotopic (exact) mass is 383 g/mol. The zero-order chi connectivity index (χ0) is 20.7. The number of nitrogens with zero attached hydrogens (tertiary/aromatic N) is 2. The highest BCUT2D eigenvalue weighted by Gasteiger charge is 2.29. The van der Waals surface area contributed by atoms with Gasteiger partial charge in [-0.05, 0) is 41.8 Å². The number of nitrogens with one attached hydrogen (secondary N) is 1. The van der Waals surface area contributed by atoms with Crippen molar-refractivity contribution in [3.05, 3.63) is 69.8 Å². The first-order chi connectivity index (χ1) is 13.2. The second-order valence-electron chi connectivity index (χ2n) is 6.97. The summed E-state index contributed by atoms with van der Waals surface area (Å²) in [4.78, 5) is 34.5. The molecule has 0 aliphatic rings. The second kappa shape index (κ2) is 8.90. The lowest BCUT2D eigenvalue weighted by molar-refractivity contribution is -0.384. The SMILES string of the molecule is CC(C)(Cc1ccc(O)cc1)C(=O)CC(=O)N/N=C/c1ccc([N+](=O)[O-])cc1. The fourth-order valence-electron chi connectivity index (χ4n) is 2.51. The number of hydrogen-bond acceptors (Lipinski definition) is 6. The maximum absolute atomic E-state index is 12.5. The highest BCUT2D eigenvalue weighted by Crippen LogP contribution is 2.25. The third kappa shape index (κ3) is 6.01. The molecule has 28 heavy (non-hydrogen) atoms. The highest BCUT2D eigenvalue weighted by molar-refractivity contribution is 6.00. The van der Waals surface area contributed by atoms with E-state index in [0.29, 0.717) is 12.0 Å². The zero-order valence-electron chi connectivity index (χ0n) is 15.6. The number of carbonyl (C=O) groups is 2. The summed E-state index contributed by atoms with van der Waals surface area (Å²) in [5, 5.41) is 23.7. The Labute approximate surface area is 162 Å². The first kappa shape index (κ1) is 20.8. The van der Waals surface area contributed by atoms with Crippen molar-refractivity contribution in [2.24, 2.45) is 10.5 Å². The van der Waals surface area contributed by atoms with Gasteiger partial charge < -0.3 is 5.11 Å². The summed E-state index contributed by atoms with van der Waals surface area (Å²) in [6, 6.07) is 12.2. The lowest BCUT2D eigenvalue weighted by Crippen LogP contribution is -2.31. The number of phenolic OH excluding ortho intramolecular Hbond substituents is 1. The van der Waals surface area contributed by atoms with Crippen molar-refractivity contribution in [1.82, 2.24) is 5.43 Å². The van der Waals surface area contributed by atoms with Crippen LogP contribution in [0, 0.1) is 15.5 Å². The van der Waals surface area contributed by atoms with Crippen LogP contribution in [0.15, 0.2) is 53.6 Å². The fraction of sp³-hybridized carbons (Fsp3) is 0.250. The van der Waals surface area contributed by atoms with Gasteiger partial charge in [-0.3, -0.25) is 19.7 Å². The average molecular weight is 383 g/mol. The van der Waals surface area contributed by atoms with Gasteiger partial charge in [0.2, 0.25) is 5.91 Å². The summed E-state index contributed by atoms with van der Waals surface area (Å²) < 4.78 is 0. The first-order valence-electron chi connectivity index (χ1n) is 8.55. The van der Waals surface area contributed by atoms with Gasteiger partial charge >= 0.3 is 0 Å². The number of ketones is 1. The Morgan fingerprint density at radius 3 is 2.32 bits per heavy atom. The van der Waals surface area contributed by atoms with Crippen LogP contribution in [0.25, 0.3) is 0 Å². The molecule has 1 amide bonds. The molecule has 0 atom stereocenters. The molecule has 0 spiro atoms. The number of nitro benzene ring substituents is 1.